The van der Waals surface area contributed by atoms with E-state index in [2.05, 4.69) is 16.9 Å². The van der Waals surface area contributed by atoms with E-state index in [1.807, 2.05) is 0 Å². The molecule has 1 atom stereocenters. The molecule has 3 heterocycles. The van der Waals surface area contributed by atoms with Crippen LogP contribution < -0.4 is 15.4 Å². The maximum absolute atomic E-state index is 12.3. The second-order valence-electron chi connectivity index (χ2n) is 6.49. The minimum absolute atomic E-state index is 0.0411. The Kier molecular flexibility index (Phi) is 5.50. The summed E-state index contributed by atoms with van der Waals surface area (Å²) in [6.07, 6.45) is 5.38. The van der Waals surface area contributed by atoms with Crippen LogP contribution in [0.4, 0.5) is 11.6 Å². The number of aromatic nitrogens is 2. The van der Waals surface area contributed by atoms with Gasteiger partial charge in [0.15, 0.2) is 0 Å². The Morgan fingerprint density at radius 2 is 2.25 bits per heavy atom. The van der Waals surface area contributed by atoms with Crippen molar-refractivity contribution in [3.63, 3.8) is 0 Å². The number of fused-ring (bicyclic) bond motifs is 1. The van der Waals surface area contributed by atoms with Gasteiger partial charge >= 0.3 is 6.01 Å². The van der Waals surface area contributed by atoms with Crippen molar-refractivity contribution in [1.29, 1.82) is 0 Å². The number of hydrogen-bond acceptors (Lipinski definition) is 6. The van der Waals surface area contributed by atoms with Crippen molar-refractivity contribution >= 4 is 17.5 Å². The van der Waals surface area contributed by atoms with Crippen LogP contribution in [0.5, 0.6) is 6.01 Å². The van der Waals surface area contributed by atoms with E-state index in [0.29, 0.717) is 30.7 Å². The highest BCUT2D eigenvalue weighted by Gasteiger charge is 2.32. The van der Waals surface area contributed by atoms with Crippen molar-refractivity contribution in [2.24, 2.45) is 5.92 Å². The summed E-state index contributed by atoms with van der Waals surface area (Å²) < 4.78 is 11.0. The summed E-state index contributed by atoms with van der Waals surface area (Å²) in [5, 5.41) is 0. The van der Waals surface area contributed by atoms with Crippen LogP contribution in [0.25, 0.3) is 0 Å². The van der Waals surface area contributed by atoms with E-state index in [1.165, 1.54) is 0 Å². The number of anilines is 2. The van der Waals surface area contributed by atoms with Gasteiger partial charge in [-0.15, -0.1) is 0 Å². The molecule has 7 nitrogen and oxygen atoms in total. The SMILES string of the molecule is CCCCOc1nc(N)c2c(n1)N(CCCC1CCOC1)C(=O)C2. The van der Waals surface area contributed by atoms with Crippen molar-refractivity contribution in [3.05, 3.63) is 5.56 Å². The van der Waals surface area contributed by atoms with Crippen LogP contribution >= 0.6 is 0 Å². The first kappa shape index (κ1) is 17.0. The van der Waals surface area contributed by atoms with E-state index >= 15 is 0 Å². The van der Waals surface area contributed by atoms with Gasteiger partial charge in [0.1, 0.15) is 11.6 Å². The fraction of sp³-hybridized carbons (Fsp3) is 0.706. The topological polar surface area (TPSA) is 90.6 Å². The lowest BCUT2D eigenvalue weighted by atomic mass is 10.0. The van der Waals surface area contributed by atoms with Crippen LogP contribution in [-0.2, 0) is 16.0 Å². The Morgan fingerprint density at radius 1 is 1.38 bits per heavy atom. The zero-order valence-electron chi connectivity index (χ0n) is 14.3. The highest BCUT2D eigenvalue weighted by molar-refractivity contribution is 6.01. The minimum Gasteiger partial charge on any atom is -0.463 e. The lowest BCUT2D eigenvalue weighted by Crippen LogP contribution is -2.28. The molecular formula is C17H26N4O3. The number of carbonyl (C=O) groups is 1. The third-order valence-electron chi connectivity index (χ3n) is 4.63. The average Bonchev–Trinajstić information content (AvgIpc) is 3.17. The average molecular weight is 334 g/mol. The van der Waals surface area contributed by atoms with Crippen molar-refractivity contribution in [3.8, 4) is 6.01 Å². The van der Waals surface area contributed by atoms with Gasteiger partial charge < -0.3 is 15.2 Å². The highest BCUT2D eigenvalue weighted by atomic mass is 16.5. The number of nitrogen functional groups attached to an aromatic ring is 1. The molecular weight excluding hydrogens is 308 g/mol. The van der Waals surface area contributed by atoms with Crippen LogP contribution in [0.15, 0.2) is 0 Å². The van der Waals surface area contributed by atoms with Crippen molar-refractivity contribution in [1.82, 2.24) is 9.97 Å². The second kappa shape index (κ2) is 7.79. The zero-order valence-corrected chi connectivity index (χ0v) is 14.3. The van der Waals surface area contributed by atoms with Crippen LogP contribution in [0.1, 0.15) is 44.6 Å². The smallest absolute Gasteiger partial charge is 0.320 e. The van der Waals surface area contributed by atoms with Gasteiger partial charge in [0.2, 0.25) is 5.91 Å². The van der Waals surface area contributed by atoms with Gasteiger partial charge in [0.25, 0.3) is 0 Å². The van der Waals surface area contributed by atoms with E-state index in [9.17, 15) is 4.79 Å². The molecule has 0 aromatic carbocycles. The molecule has 0 bridgehead atoms. The van der Waals surface area contributed by atoms with Gasteiger partial charge in [-0.1, -0.05) is 13.3 Å². The number of rotatable bonds is 8. The molecule has 2 aliphatic rings. The molecule has 1 aromatic rings. The standard InChI is InChI=1S/C17H26N4O3/c1-2-3-8-24-17-19-15(18)13-10-14(22)21(16(13)20-17)7-4-5-12-6-9-23-11-12/h12H,2-11H2,1H3,(H2,18,19,20). The second-order valence-corrected chi connectivity index (χ2v) is 6.49. The largest absolute Gasteiger partial charge is 0.463 e. The Morgan fingerprint density at radius 3 is 3.00 bits per heavy atom. The number of amides is 1. The number of ether oxygens (including phenoxy) is 2. The fourth-order valence-corrected chi connectivity index (χ4v) is 3.18. The summed E-state index contributed by atoms with van der Waals surface area (Å²) in [5.74, 6) is 1.64. The molecule has 1 amide bonds. The first-order valence-electron chi connectivity index (χ1n) is 8.86. The molecule has 2 N–H and O–H groups in total. The third-order valence-corrected chi connectivity index (χ3v) is 4.63. The van der Waals surface area contributed by atoms with Crippen molar-refractivity contribution in [2.75, 3.05) is 37.0 Å². The number of nitrogens with two attached hydrogens (primary N) is 1. The molecule has 1 unspecified atom stereocenters. The molecule has 1 saturated heterocycles. The summed E-state index contributed by atoms with van der Waals surface area (Å²) in [4.78, 5) is 22.7. The number of nitrogens with zero attached hydrogens (tertiary/aromatic N) is 3. The molecule has 24 heavy (non-hydrogen) atoms. The Labute approximate surface area is 142 Å². The van der Waals surface area contributed by atoms with E-state index in [1.54, 1.807) is 4.90 Å². The van der Waals surface area contributed by atoms with Crippen LogP contribution in [0.2, 0.25) is 0 Å². The first-order valence-corrected chi connectivity index (χ1v) is 8.86. The maximum Gasteiger partial charge on any atom is 0.320 e. The van der Waals surface area contributed by atoms with E-state index in [4.69, 9.17) is 15.2 Å². The predicted octanol–water partition coefficient (Wildman–Crippen LogP) is 1.94. The van der Waals surface area contributed by atoms with Gasteiger partial charge in [0.05, 0.1) is 13.0 Å². The van der Waals surface area contributed by atoms with Crippen molar-refractivity contribution in [2.45, 2.75) is 45.4 Å². The monoisotopic (exact) mass is 334 g/mol. The minimum atomic E-state index is 0.0411. The van der Waals surface area contributed by atoms with E-state index in [0.717, 1.165) is 50.9 Å². The lowest BCUT2D eigenvalue weighted by Gasteiger charge is -2.18. The quantitative estimate of drug-likeness (QED) is 0.731. The molecule has 0 saturated carbocycles. The Hall–Kier alpha value is -1.89. The summed E-state index contributed by atoms with van der Waals surface area (Å²) in [6, 6.07) is 0.267. The van der Waals surface area contributed by atoms with E-state index in [-0.39, 0.29) is 18.3 Å². The zero-order chi connectivity index (χ0) is 16.9. The summed E-state index contributed by atoms with van der Waals surface area (Å²) in [7, 11) is 0. The molecule has 1 aromatic heterocycles. The normalized spacial score (nSPS) is 19.8. The predicted molar refractivity (Wildman–Crippen MR) is 91.1 cm³/mol. The maximum atomic E-state index is 12.3. The molecule has 1 fully saturated rings. The third kappa shape index (κ3) is 3.77. The molecule has 0 radical (unpaired) electrons. The molecule has 7 heteroatoms. The van der Waals surface area contributed by atoms with Gasteiger partial charge in [-0.25, -0.2) is 0 Å². The van der Waals surface area contributed by atoms with Crippen molar-refractivity contribution < 1.29 is 14.3 Å². The molecule has 132 valence electrons. The molecule has 0 spiro atoms. The molecule has 2 aliphatic heterocycles. The number of unbranched alkanes of at least 4 members (excludes halogenated alkanes) is 1. The first-order chi connectivity index (χ1) is 11.7. The van der Waals surface area contributed by atoms with Crippen LogP contribution in [0.3, 0.4) is 0 Å². The van der Waals surface area contributed by atoms with Gasteiger partial charge in [-0.05, 0) is 31.6 Å². The number of hydrogen-bond donors (Lipinski definition) is 1. The van der Waals surface area contributed by atoms with Gasteiger partial charge in [-0.2, -0.15) is 9.97 Å². The lowest BCUT2D eigenvalue weighted by molar-refractivity contribution is -0.117. The molecule has 3 rings (SSSR count). The summed E-state index contributed by atoms with van der Waals surface area (Å²) >= 11 is 0. The highest BCUT2D eigenvalue weighted by Crippen LogP contribution is 2.32. The van der Waals surface area contributed by atoms with Gasteiger partial charge in [0, 0.05) is 25.3 Å². The Bertz CT molecular complexity index is 587. The van der Waals surface area contributed by atoms with E-state index < -0.39 is 0 Å². The Balaban J connectivity index is 1.65. The van der Waals surface area contributed by atoms with Crippen LogP contribution in [-0.4, -0.2) is 42.2 Å². The number of carbonyl (C=O) groups excluding carboxylic acids is 1. The van der Waals surface area contributed by atoms with Crippen LogP contribution in [0, 0.1) is 5.92 Å². The molecule has 0 aliphatic carbocycles. The summed E-state index contributed by atoms with van der Waals surface area (Å²) in [5.41, 5.74) is 6.73. The fourth-order valence-electron chi connectivity index (χ4n) is 3.18. The summed E-state index contributed by atoms with van der Waals surface area (Å²) in [6.45, 7) is 5.02. The van der Waals surface area contributed by atoms with Gasteiger partial charge in [-0.3, -0.25) is 9.69 Å².